The molecule has 0 fully saturated rings. The Kier molecular flexibility index (Phi) is 5.70. The lowest BCUT2D eigenvalue weighted by Crippen LogP contribution is -2.29. The van der Waals surface area contributed by atoms with Gasteiger partial charge in [-0.1, -0.05) is 37.3 Å². The molecule has 0 bridgehead atoms. The summed E-state index contributed by atoms with van der Waals surface area (Å²) in [6, 6.07) is 10.2. The van der Waals surface area contributed by atoms with E-state index in [4.69, 9.17) is 11.6 Å². The second kappa shape index (κ2) is 7.07. The SMILES string of the molecule is CCC(C)N=C(NC(Cl)=NC)c1ccccc1. The third-order valence-corrected chi connectivity index (χ3v) is 2.67. The van der Waals surface area contributed by atoms with Crippen LogP contribution in [0, 0.1) is 0 Å². The molecule has 4 heteroatoms. The first-order valence-corrected chi connectivity index (χ1v) is 6.07. The lowest BCUT2D eigenvalue weighted by Gasteiger charge is -2.11. The van der Waals surface area contributed by atoms with Crippen molar-refractivity contribution in [2.75, 3.05) is 7.05 Å². The highest BCUT2D eigenvalue weighted by molar-refractivity contribution is 6.66. The van der Waals surface area contributed by atoms with Crippen molar-refractivity contribution in [3.05, 3.63) is 35.9 Å². The number of hydrogen-bond donors (Lipinski definition) is 1. The van der Waals surface area contributed by atoms with E-state index in [0.717, 1.165) is 17.8 Å². The van der Waals surface area contributed by atoms with Gasteiger partial charge in [0.25, 0.3) is 0 Å². The van der Waals surface area contributed by atoms with Crippen LogP contribution < -0.4 is 5.32 Å². The highest BCUT2D eigenvalue weighted by Gasteiger charge is 2.06. The molecule has 0 amide bonds. The minimum Gasteiger partial charge on any atom is -0.315 e. The molecule has 0 heterocycles. The van der Waals surface area contributed by atoms with Gasteiger partial charge in [0.1, 0.15) is 5.84 Å². The fourth-order valence-corrected chi connectivity index (χ4v) is 1.33. The monoisotopic (exact) mass is 251 g/mol. The van der Waals surface area contributed by atoms with Gasteiger partial charge in [0, 0.05) is 18.7 Å². The molecule has 1 unspecified atom stereocenters. The summed E-state index contributed by atoms with van der Waals surface area (Å²) < 4.78 is 0. The normalized spacial score (nSPS) is 14.6. The van der Waals surface area contributed by atoms with Crippen LogP contribution in [-0.2, 0) is 0 Å². The van der Waals surface area contributed by atoms with Crippen molar-refractivity contribution < 1.29 is 0 Å². The Morgan fingerprint density at radius 1 is 1.35 bits per heavy atom. The van der Waals surface area contributed by atoms with E-state index in [1.807, 2.05) is 30.3 Å². The average Bonchev–Trinajstić information content (AvgIpc) is 2.38. The molecule has 0 aliphatic heterocycles. The predicted molar refractivity (Wildman–Crippen MR) is 75.1 cm³/mol. The van der Waals surface area contributed by atoms with Gasteiger partial charge in [0.05, 0.1) is 0 Å². The number of halogens is 1. The molecular formula is C13H18ClN3. The highest BCUT2D eigenvalue weighted by atomic mass is 35.5. The van der Waals surface area contributed by atoms with Gasteiger partial charge in [-0.15, -0.1) is 0 Å². The number of hydrogen-bond acceptors (Lipinski definition) is 2. The molecule has 1 N–H and O–H groups in total. The van der Waals surface area contributed by atoms with E-state index in [1.54, 1.807) is 7.05 Å². The Labute approximate surface area is 108 Å². The Bertz CT molecular complexity index is 398. The minimum atomic E-state index is 0.249. The number of nitrogens with one attached hydrogen (secondary N) is 1. The third-order valence-electron chi connectivity index (χ3n) is 2.41. The summed E-state index contributed by atoms with van der Waals surface area (Å²) in [5, 5.41) is 3.36. The summed E-state index contributed by atoms with van der Waals surface area (Å²) in [5.41, 5.74) is 1.01. The van der Waals surface area contributed by atoms with Crippen LogP contribution in [0.25, 0.3) is 0 Å². The third kappa shape index (κ3) is 4.57. The van der Waals surface area contributed by atoms with E-state index in [0.29, 0.717) is 5.29 Å². The summed E-state index contributed by atoms with van der Waals surface area (Å²) in [6.45, 7) is 4.17. The molecule has 0 spiro atoms. The molecule has 92 valence electrons. The maximum atomic E-state index is 5.89. The van der Waals surface area contributed by atoms with E-state index < -0.39 is 0 Å². The van der Waals surface area contributed by atoms with E-state index in [1.165, 1.54) is 0 Å². The van der Waals surface area contributed by atoms with Crippen molar-refractivity contribution >= 4 is 22.7 Å². The Morgan fingerprint density at radius 3 is 2.53 bits per heavy atom. The van der Waals surface area contributed by atoms with Gasteiger partial charge in [-0.2, -0.15) is 0 Å². The molecule has 1 aromatic rings. The molecule has 0 aliphatic carbocycles. The number of amidine groups is 2. The summed E-state index contributed by atoms with van der Waals surface area (Å²) in [7, 11) is 1.64. The maximum absolute atomic E-state index is 5.89. The van der Waals surface area contributed by atoms with Crippen molar-refractivity contribution in [3.8, 4) is 0 Å². The van der Waals surface area contributed by atoms with Gasteiger partial charge < -0.3 is 5.32 Å². The van der Waals surface area contributed by atoms with Gasteiger partial charge in [-0.05, 0) is 24.9 Å². The quantitative estimate of drug-likeness (QED) is 0.500. The van der Waals surface area contributed by atoms with Gasteiger partial charge in [-0.3, -0.25) is 9.98 Å². The standard InChI is InChI=1S/C13H18ClN3/c1-4-10(2)16-12(17-13(14)15-3)11-8-6-5-7-9-11/h5-10H,4H2,1-3H3,(H,15,16,17). The van der Waals surface area contributed by atoms with E-state index >= 15 is 0 Å². The molecule has 1 rings (SSSR count). The van der Waals surface area contributed by atoms with Crippen molar-refractivity contribution in [3.63, 3.8) is 0 Å². The van der Waals surface area contributed by atoms with Crippen LogP contribution in [0.4, 0.5) is 0 Å². The molecule has 0 aromatic heterocycles. The molecular weight excluding hydrogens is 234 g/mol. The van der Waals surface area contributed by atoms with Crippen molar-refractivity contribution in [1.82, 2.24) is 5.32 Å². The average molecular weight is 252 g/mol. The number of benzene rings is 1. The maximum Gasteiger partial charge on any atom is 0.196 e. The molecule has 0 saturated heterocycles. The zero-order chi connectivity index (χ0) is 12.7. The molecule has 3 nitrogen and oxygen atoms in total. The lowest BCUT2D eigenvalue weighted by molar-refractivity contribution is 0.715. The Hall–Kier alpha value is -1.35. The summed E-state index contributed by atoms with van der Waals surface area (Å²) in [5.74, 6) is 0.760. The molecule has 1 atom stereocenters. The fourth-order valence-electron chi connectivity index (χ4n) is 1.24. The van der Waals surface area contributed by atoms with E-state index in [-0.39, 0.29) is 6.04 Å². The first-order valence-electron chi connectivity index (χ1n) is 5.69. The van der Waals surface area contributed by atoms with Crippen LogP contribution in [0.3, 0.4) is 0 Å². The Balaban J connectivity index is 2.99. The topological polar surface area (TPSA) is 36.8 Å². The smallest absolute Gasteiger partial charge is 0.196 e. The predicted octanol–water partition coefficient (Wildman–Crippen LogP) is 3.05. The van der Waals surface area contributed by atoms with Crippen LogP contribution in [0.1, 0.15) is 25.8 Å². The second-order valence-electron chi connectivity index (χ2n) is 3.74. The summed E-state index contributed by atoms with van der Waals surface area (Å²) in [4.78, 5) is 8.47. The Morgan fingerprint density at radius 2 is 2.00 bits per heavy atom. The largest absolute Gasteiger partial charge is 0.315 e. The van der Waals surface area contributed by atoms with Crippen LogP contribution in [0.2, 0.25) is 0 Å². The first-order chi connectivity index (χ1) is 8.17. The van der Waals surface area contributed by atoms with Gasteiger partial charge in [-0.25, -0.2) is 0 Å². The number of nitrogens with zero attached hydrogens (tertiary/aromatic N) is 2. The van der Waals surface area contributed by atoms with Crippen LogP contribution in [0.5, 0.6) is 0 Å². The first kappa shape index (κ1) is 13.7. The molecule has 17 heavy (non-hydrogen) atoms. The van der Waals surface area contributed by atoms with Gasteiger partial charge in [0.15, 0.2) is 5.29 Å². The van der Waals surface area contributed by atoms with E-state index in [9.17, 15) is 0 Å². The van der Waals surface area contributed by atoms with E-state index in [2.05, 4.69) is 29.1 Å². The number of rotatable bonds is 3. The molecule has 1 aromatic carbocycles. The minimum absolute atomic E-state index is 0.249. The van der Waals surface area contributed by atoms with Crippen molar-refractivity contribution in [2.24, 2.45) is 9.98 Å². The lowest BCUT2D eigenvalue weighted by atomic mass is 10.2. The molecule has 0 saturated carbocycles. The second-order valence-corrected chi connectivity index (χ2v) is 4.10. The van der Waals surface area contributed by atoms with Gasteiger partial charge in [0.2, 0.25) is 0 Å². The van der Waals surface area contributed by atoms with Crippen LogP contribution >= 0.6 is 11.6 Å². The summed E-state index contributed by atoms with van der Waals surface area (Å²) in [6.07, 6.45) is 0.985. The van der Waals surface area contributed by atoms with Crippen LogP contribution in [0.15, 0.2) is 40.3 Å². The fraction of sp³-hybridized carbons (Fsp3) is 0.385. The molecule has 0 aliphatic rings. The van der Waals surface area contributed by atoms with Gasteiger partial charge >= 0.3 is 0 Å². The van der Waals surface area contributed by atoms with Crippen molar-refractivity contribution in [1.29, 1.82) is 0 Å². The zero-order valence-electron chi connectivity index (χ0n) is 10.4. The highest BCUT2D eigenvalue weighted by Crippen LogP contribution is 2.04. The molecule has 0 radical (unpaired) electrons. The van der Waals surface area contributed by atoms with Crippen molar-refractivity contribution in [2.45, 2.75) is 26.3 Å². The van der Waals surface area contributed by atoms with Crippen LogP contribution in [-0.4, -0.2) is 24.2 Å². The number of aliphatic imine (C=N–C) groups is 2. The summed E-state index contributed by atoms with van der Waals surface area (Å²) >= 11 is 5.89. The zero-order valence-corrected chi connectivity index (χ0v) is 11.2.